The molecule has 2 aromatic heterocycles. The molecule has 10 nitrogen and oxygen atoms in total. The Hall–Kier alpha value is -2.10. The molecule has 0 amide bonds. The number of anilines is 2. The number of hydrogen-bond donors (Lipinski definition) is 3. The molecule has 0 atom stereocenters. The van der Waals surface area contributed by atoms with Crippen LogP contribution in [0.15, 0.2) is 0 Å². The standard InChI is InChI=1S/C4H7N9O/c14-2-1-13(3-5-9-10-6-3)4-7-11-12-8-4/h14H,1-2H2,(H,5,6,9,10)(H,7,8,11,12). The monoisotopic (exact) mass is 197 g/mol. The van der Waals surface area contributed by atoms with Crippen molar-refractivity contribution < 1.29 is 5.11 Å². The Kier molecular flexibility index (Phi) is 2.27. The average Bonchev–Trinajstić information content (AvgIpc) is 2.87. The van der Waals surface area contributed by atoms with Gasteiger partial charge >= 0.3 is 0 Å². The van der Waals surface area contributed by atoms with E-state index in [1.807, 2.05) is 0 Å². The van der Waals surface area contributed by atoms with Crippen LogP contribution in [-0.4, -0.2) is 59.5 Å². The summed E-state index contributed by atoms with van der Waals surface area (Å²) in [6, 6.07) is 0. The highest BCUT2D eigenvalue weighted by molar-refractivity contribution is 5.44. The quantitative estimate of drug-likeness (QED) is 0.505. The molecule has 0 aromatic carbocycles. The van der Waals surface area contributed by atoms with Crippen LogP contribution >= 0.6 is 0 Å². The zero-order chi connectivity index (χ0) is 9.80. The van der Waals surface area contributed by atoms with Crippen molar-refractivity contribution in [1.29, 1.82) is 0 Å². The third kappa shape index (κ3) is 1.50. The van der Waals surface area contributed by atoms with E-state index in [0.717, 1.165) is 0 Å². The summed E-state index contributed by atoms with van der Waals surface area (Å²) in [5, 5.41) is 35.1. The first-order valence-corrected chi connectivity index (χ1v) is 3.77. The molecule has 2 rings (SSSR count). The zero-order valence-electron chi connectivity index (χ0n) is 6.99. The van der Waals surface area contributed by atoms with Gasteiger partial charge < -0.3 is 5.11 Å². The summed E-state index contributed by atoms with van der Waals surface area (Å²) < 4.78 is 0. The van der Waals surface area contributed by atoms with E-state index in [4.69, 9.17) is 5.11 Å². The first-order valence-electron chi connectivity index (χ1n) is 3.77. The molecule has 0 aliphatic heterocycles. The van der Waals surface area contributed by atoms with Gasteiger partial charge in [-0.2, -0.15) is 10.4 Å². The maximum atomic E-state index is 8.82. The predicted octanol–water partition coefficient (Wildman–Crippen LogP) is -2.16. The van der Waals surface area contributed by atoms with Crippen molar-refractivity contribution in [2.75, 3.05) is 18.1 Å². The van der Waals surface area contributed by atoms with E-state index in [2.05, 4.69) is 41.2 Å². The first-order chi connectivity index (χ1) is 6.92. The zero-order valence-corrected chi connectivity index (χ0v) is 6.99. The average molecular weight is 197 g/mol. The smallest absolute Gasteiger partial charge is 0.272 e. The molecular formula is C4H7N9O. The fraction of sp³-hybridized carbons (Fsp3) is 0.500. The fourth-order valence-corrected chi connectivity index (χ4v) is 0.931. The van der Waals surface area contributed by atoms with Gasteiger partial charge in [0.2, 0.25) is 0 Å². The molecule has 0 fully saturated rings. The Morgan fingerprint density at radius 1 is 1.07 bits per heavy atom. The van der Waals surface area contributed by atoms with Crippen molar-refractivity contribution in [2.24, 2.45) is 0 Å². The summed E-state index contributed by atoms with van der Waals surface area (Å²) in [6.07, 6.45) is 0. The largest absolute Gasteiger partial charge is 0.395 e. The van der Waals surface area contributed by atoms with Gasteiger partial charge in [0.25, 0.3) is 11.9 Å². The number of tetrazole rings is 2. The summed E-state index contributed by atoms with van der Waals surface area (Å²) in [5.41, 5.74) is 0. The summed E-state index contributed by atoms with van der Waals surface area (Å²) in [6.45, 7) is 0.183. The summed E-state index contributed by atoms with van der Waals surface area (Å²) in [5.74, 6) is 0.556. The Morgan fingerprint density at radius 2 is 1.64 bits per heavy atom. The van der Waals surface area contributed by atoms with E-state index in [0.29, 0.717) is 0 Å². The van der Waals surface area contributed by atoms with Crippen molar-refractivity contribution >= 4 is 11.9 Å². The minimum Gasteiger partial charge on any atom is -0.395 e. The number of nitrogens with one attached hydrogen (secondary N) is 2. The van der Waals surface area contributed by atoms with Gasteiger partial charge in [0.15, 0.2) is 0 Å². The highest BCUT2D eigenvalue weighted by Crippen LogP contribution is 2.12. The normalized spacial score (nSPS) is 10.4. The van der Waals surface area contributed by atoms with Crippen molar-refractivity contribution in [3.05, 3.63) is 0 Å². The van der Waals surface area contributed by atoms with Crippen LogP contribution in [0.1, 0.15) is 0 Å². The van der Waals surface area contributed by atoms with Crippen LogP contribution in [0.4, 0.5) is 11.9 Å². The van der Waals surface area contributed by atoms with E-state index in [-0.39, 0.29) is 25.0 Å². The van der Waals surface area contributed by atoms with Crippen LogP contribution < -0.4 is 4.90 Å². The summed E-state index contributed by atoms with van der Waals surface area (Å²) in [7, 11) is 0. The second kappa shape index (κ2) is 3.74. The molecule has 0 saturated carbocycles. The van der Waals surface area contributed by atoms with Crippen LogP contribution in [-0.2, 0) is 0 Å². The number of aliphatic hydroxyl groups excluding tert-OH is 1. The minimum absolute atomic E-state index is 0.0803. The number of hydrogen-bond acceptors (Lipinski definition) is 8. The van der Waals surface area contributed by atoms with Crippen molar-refractivity contribution in [3.63, 3.8) is 0 Å². The molecule has 3 N–H and O–H groups in total. The lowest BCUT2D eigenvalue weighted by molar-refractivity contribution is 0.304. The van der Waals surface area contributed by atoms with Gasteiger partial charge in [-0.15, -0.1) is 10.2 Å². The Bertz CT molecular complexity index is 320. The molecule has 0 bridgehead atoms. The molecule has 0 aliphatic carbocycles. The second-order valence-corrected chi connectivity index (χ2v) is 2.30. The fourth-order valence-electron chi connectivity index (χ4n) is 0.931. The molecule has 0 unspecified atom stereocenters. The van der Waals surface area contributed by atoms with Crippen LogP contribution in [0, 0.1) is 0 Å². The highest BCUT2D eigenvalue weighted by Gasteiger charge is 2.16. The molecule has 74 valence electrons. The van der Waals surface area contributed by atoms with Crippen LogP contribution in [0.5, 0.6) is 0 Å². The van der Waals surface area contributed by atoms with Crippen LogP contribution in [0.2, 0.25) is 0 Å². The molecule has 2 heterocycles. The molecule has 10 heteroatoms. The van der Waals surface area contributed by atoms with Gasteiger partial charge in [0.05, 0.1) is 13.2 Å². The minimum atomic E-state index is -0.0803. The van der Waals surface area contributed by atoms with E-state index in [9.17, 15) is 0 Å². The number of nitrogens with zero attached hydrogens (tertiary/aromatic N) is 7. The van der Waals surface area contributed by atoms with E-state index in [1.165, 1.54) is 4.90 Å². The third-order valence-electron chi connectivity index (χ3n) is 1.47. The second-order valence-electron chi connectivity index (χ2n) is 2.30. The molecule has 2 aromatic rings. The van der Waals surface area contributed by atoms with Crippen molar-refractivity contribution in [1.82, 2.24) is 41.2 Å². The maximum Gasteiger partial charge on any atom is 0.272 e. The third-order valence-corrected chi connectivity index (χ3v) is 1.47. The summed E-state index contributed by atoms with van der Waals surface area (Å²) in [4.78, 5) is 1.47. The first kappa shape index (κ1) is 8.50. The van der Waals surface area contributed by atoms with Gasteiger partial charge in [0, 0.05) is 0 Å². The Labute approximate surface area is 77.3 Å². The Morgan fingerprint density at radius 3 is 2.00 bits per heavy atom. The molecule has 0 aliphatic rings. The number of H-pyrrole nitrogens is 2. The highest BCUT2D eigenvalue weighted by atomic mass is 16.3. The summed E-state index contributed by atoms with van der Waals surface area (Å²) >= 11 is 0. The van der Waals surface area contributed by atoms with Crippen molar-refractivity contribution in [2.45, 2.75) is 0 Å². The maximum absolute atomic E-state index is 8.82. The van der Waals surface area contributed by atoms with Crippen molar-refractivity contribution in [3.8, 4) is 0 Å². The lowest BCUT2D eigenvalue weighted by Gasteiger charge is -2.12. The van der Waals surface area contributed by atoms with Gasteiger partial charge in [-0.25, -0.2) is 0 Å². The number of aromatic nitrogens is 8. The molecule has 0 spiro atoms. The number of aliphatic hydroxyl groups is 1. The van der Waals surface area contributed by atoms with E-state index >= 15 is 0 Å². The predicted molar refractivity (Wildman–Crippen MR) is 42.4 cm³/mol. The van der Waals surface area contributed by atoms with Gasteiger partial charge in [-0.3, -0.25) is 4.90 Å². The van der Waals surface area contributed by atoms with E-state index < -0.39 is 0 Å². The van der Waals surface area contributed by atoms with E-state index in [1.54, 1.807) is 0 Å². The Balaban J connectivity index is 2.25. The SMILES string of the molecule is OCCN(c1nn[nH]n1)c1nn[nH]n1. The number of aromatic amines is 2. The topological polar surface area (TPSA) is 132 Å². The lowest BCUT2D eigenvalue weighted by atomic mass is 10.6. The van der Waals surface area contributed by atoms with Gasteiger partial charge in [-0.1, -0.05) is 10.2 Å². The van der Waals surface area contributed by atoms with Crippen LogP contribution in [0.3, 0.4) is 0 Å². The number of rotatable bonds is 4. The molecule has 0 saturated heterocycles. The molecule has 14 heavy (non-hydrogen) atoms. The van der Waals surface area contributed by atoms with Crippen LogP contribution in [0.25, 0.3) is 0 Å². The van der Waals surface area contributed by atoms with Gasteiger partial charge in [0.1, 0.15) is 0 Å². The lowest BCUT2D eigenvalue weighted by Crippen LogP contribution is -2.23. The molecular weight excluding hydrogens is 190 g/mol. The van der Waals surface area contributed by atoms with Gasteiger partial charge in [-0.05, 0) is 10.4 Å². The molecule has 0 radical (unpaired) electrons.